The number of fused-ring (bicyclic) bond motifs is 1. The Morgan fingerprint density at radius 1 is 1.45 bits per heavy atom. The van der Waals surface area contributed by atoms with Gasteiger partial charge in [-0.2, -0.15) is 21.4 Å². The van der Waals surface area contributed by atoms with E-state index in [1.165, 1.54) is 17.8 Å². The lowest BCUT2D eigenvalue weighted by atomic mass is 10.2. The fourth-order valence-electron chi connectivity index (χ4n) is 2.36. The highest BCUT2D eigenvalue weighted by Gasteiger charge is 2.26. The quantitative estimate of drug-likeness (QED) is 0.748. The number of nitrogens with zero attached hydrogens (tertiary/aromatic N) is 5. The molecule has 0 unspecified atom stereocenters. The van der Waals surface area contributed by atoms with Crippen molar-refractivity contribution in [2.75, 3.05) is 11.6 Å². The maximum atomic E-state index is 4.63. The molecule has 1 saturated carbocycles. The zero-order valence-corrected chi connectivity index (χ0v) is 13.8. The Morgan fingerprint density at radius 3 is 3.18 bits per heavy atom. The molecule has 114 valence electrons. The van der Waals surface area contributed by atoms with Crippen LogP contribution in [0.5, 0.6) is 0 Å². The van der Waals surface area contributed by atoms with Crippen LogP contribution in [0.2, 0.25) is 0 Å². The van der Waals surface area contributed by atoms with Crippen LogP contribution in [0.25, 0.3) is 5.65 Å². The first-order chi connectivity index (χ1) is 10.8. The first kappa shape index (κ1) is 14.0. The summed E-state index contributed by atoms with van der Waals surface area (Å²) in [7, 11) is 0. The van der Waals surface area contributed by atoms with E-state index in [0.717, 1.165) is 28.5 Å². The fourth-order valence-corrected chi connectivity index (χ4v) is 3.88. The van der Waals surface area contributed by atoms with Crippen molar-refractivity contribution >= 4 is 34.4 Å². The molecule has 4 rings (SSSR count). The van der Waals surface area contributed by atoms with Gasteiger partial charge in [-0.15, -0.1) is 21.5 Å². The highest BCUT2D eigenvalue weighted by atomic mass is 32.2. The van der Waals surface area contributed by atoms with Crippen LogP contribution in [0.1, 0.15) is 35.2 Å². The van der Waals surface area contributed by atoms with Crippen molar-refractivity contribution in [1.29, 1.82) is 0 Å². The maximum Gasteiger partial charge on any atom is 0.200 e. The van der Waals surface area contributed by atoms with Crippen molar-refractivity contribution in [2.24, 2.45) is 0 Å². The minimum absolute atomic E-state index is 0.597. The molecule has 8 heteroatoms. The van der Waals surface area contributed by atoms with Crippen molar-refractivity contribution in [3.8, 4) is 0 Å². The molecule has 1 fully saturated rings. The summed E-state index contributed by atoms with van der Waals surface area (Å²) in [6.07, 6.45) is 6.21. The number of nitrogens with one attached hydrogen (secondary N) is 1. The van der Waals surface area contributed by atoms with Crippen molar-refractivity contribution in [1.82, 2.24) is 24.8 Å². The summed E-state index contributed by atoms with van der Waals surface area (Å²) >= 11 is 3.51. The van der Waals surface area contributed by atoms with Gasteiger partial charge in [0.2, 0.25) is 5.65 Å². The second-order valence-corrected chi connectivity index (χ2v) is 7.18. The molecule has 0 aliphatic heterocycles. The van der Waals surface area contributed by atoms with E-state index in [0.29, 0.717) is 12.5 Å². The largest absolute Gasteiger partial charge is 0.376 e. The second-order valence-electron chi connectivity index (χ2n) is 5.38. The van der Waals surface area contributed by atoms with Gasteiger partial charge in [0, 0.05) is 17.1 Å². The number of thioether (sulfide) groups is 1. The summed E-state index contributed by atoms with van der Waals surface area (Å²) < 4.78 is 1.76. The lowest BCUT2D eigenvalue weighted by Gasteiger charge is -2.07. The summed E-state index contributed by atoms with van der Waals surface area (Å²) in [6, 6.07) is 2.11. The minimum atomic E-state index is 0.597. The van der Waals surface area contributed by atoms with Crippen molar-refractivity contribution in [3.05, 3.63) is 34.2 Å². The second kappa shape index (κ2) is 5.85. The van der Waals surface area contributed by atoms with Gasteiger partial charge in [0.25, 0.3) is 0 Å². The third kappa shape index (κ3) is 2.80. The zero-order valence-electron chi connectivity index (χ0n) is 12.2. The molecule has 0 bridgehead atoms. The number of anilines is 1. The Balaban J connectivity index is 1.56. The summed E-state index contributed by atoms with van der Waals surface area (Å²) in [4.78, 5) is 4.63. The number of rotatable bonds is 6. The van der Waals surface area contributed by atoms with Crippen LogP contribution in [0.15, 0.2) is 17.8 Å². The van der Waals surface area contributed by atoms with Gasteiger partial charge in [-0.1, -0.05) is 0 Å². The van der Waals surface area contributed by atoms with Gasteiger partial charge in [0.1, 0.15) is 11.3 Å². The molecule has 6 nitrogen and oxygen atoms in total. The molecule has 3 aromatic rings. The first-order valence-corrected chi connectivity index (χ1v) is 9.48. The van der Waals surface area contributed by atoms with Crippen LogP contribution < -0.4 is 5.32 Å². The van der Waals surface area contributed by atoms with Gasteiger partial charge in [-0.05, 0) is 25.2 Å². The Bertz CT molecular complexity index is 792. The SMILES string of the molecule is CSCc1nc(CNc2cc(C3CC3)nn3cnnc23)cs1. The van der Waals surface area contributed by atoms with E-state index in [4.69, 9.17) is 0 Å². The number of thiazole rings is 1. The summed E-state index contributed by atoms with van der Waals surface area (Å²) in [5.74, 6) is 1.57. The number of hydrogen-bond acceptors (Lipinski definition) is 7. The predicted octanol–water partition coefficient (Wildman–Crippen LogP) is 2.93. The molecule has 0 amide bonds. The summed E-state index contributed by atoms with van der Waals surface area (Å²) in [6.45, 7) is 0.696. The molecule has 0 atom stereocenters. The molecule has 22 heavy (non-hydrogen) atoms. The molecule has 1 aliphatic rings. The standard InChI is InChI=1S/C14H16N6S2/c1-21-7-13-17-10(6-22-13)5-15-12-4-11(9-2-3-9)19-20-8-16-18-14(12)20/h4,6,8-9,15H,2-3,5,7H2,1H3. The van der Waals surface area contributed by atoms with Crippen molar-refractivity contribution < 1.29 is 0 Å². The molecule has 0 saturated heterocycles. The summed E-state index contributed by atoms with van der Waals surface area (Å²) in [5.41, 5.74) is 3.94. The molecule has 3 aromatic heterocycles. The monoisotopic (exact) mass is 332 g/mol. The molecule has 0 spiro atoms. The smallest absolute Gasteiger partial charge is 0.200 e. The molecule has 0 radical (unpaired) electrons. The maximum absolute atomic E-state index is 4.63. The third-order valence-electron chi connectivity index (χ3n) is 3.61. The van der Waals surface area contributed by atoms with Crippen LogP contribution in [0.3, 0.4) is 0 Å². The number of hydrogen-bond donors (Lipinski definition) is 1. The summed E-state index contributed by atoms with van der Waals surface area (Å²) in [5, 5.41) is 19.4. The van der Waals surface area contributed by atoms with Crippen LogP contribution in [-0.2, 0) is 12.3 Å². The van der Waals surface area contributed by atoms with E-state index in [2.05, 4.69) is 43.3 Å². The van der Waals surface area contributed by atoms with Crippen molar-refractivity contribution in [3.63, 3.8) is 0 Å². The van der Waals surface area contributed by atoms with Crippen molar-refractivity contribution in [2.45, 2.75) is 31.1 Å². The minimum Gasteiger partial charge on any atom is -0.376 e. The van der Waals surface area contributed by atoms with Gasteiger partial charge in [-0.25, -0.2) is 4.98 Å². The number of aromatic nitrogens is 5. The van der Waals surface area contributed by atoms with Crippen LogP contribution in [0, 0.1) is 0 Å². The van der Waals surface area contributed by atoms with E-state index in [9.17, 15) is 0 Å². The van der Waals surface area contributed by atoms with Crippen LogP contribution in [0.4, 0.5) is 5.69 Å². The molecule has 0 aromatic carbocycles. The van der Waals surface area contributed by atoms with Crippen LogP contribution >= 0.6 is 23.1 Å². The van der Waals surface area contributed by atoms with E-state index >= 15 is 0 Å². The average Bonchev–Trinajstić information content (AvgIpc) is 3.10. The van der Waals surface area contributed by atoms with Gasteiger partial charge in [-0.3, -0.25) is 0 Å². The van der Waals surface area contributed by atoms with Gasteiger partial charge < -0.3 is 5.32 Å². The van der Waals surface area contributed by atoms with Crippen LogP contribution in [-0.4, -0.2) is 31.1 Å². The highest BCUT2D eigenvalue weighted by Crippen LogP contribution is 2.39. The van der Waals surface area contributed by atoms with E-state index in [1.54, 1.807) is 33.9 Å². The van der Waals surface area contributed by atoms with Gasteiger partial charge in [0.05, 0.1) is 23.6 Å². The van der Waals surface area contributed by atoms with E-state index in [1.807, 2.05) is 0 Å². The topological polar surface area (TPSA) is 68.0 Å². The Morgan fingerprint density at radius 2 is 2.36 bits per heavy atom. The molecular formula is C14H16N6S2. The zero-order chi connectivity index (χ0) is 14.9. The van der Waals surface area contributed by atoms with Gasteiger partial charge >= 0.3 is 0 Å². The molecule has 1 aliphatic carbocycles. The molecule has 1 N–H and O–H groups in total. The first-order valence-electron chi connectivity index (χ1n) is 7.20. The van der Waals surface area contributed by atoms with E-state index < -0.39 is 0 Å². The predicted molar refractivity (Wildman–Crippen MR) is 89.4 cm³/mol. The lowest BCUT2D eigenvalue weighted by Crippen LogP contribution is -2.05. The average molecular weight is 332 g/mol. The molecule has 3 heterocycles. The Kier molecular flexibility index (Phi) is 3.71. The normalized spacial score (nSPS) is 14.6. The third-order valence-corrected chi connectivity index (χ3v) is 5.25. The highest BCUT2D eigenvalue weighted by molar-refractivity contribution is 7.97. The van der Waals surface area contributed by atoms with E-state index in [-0.39, 0.29) is 0 Å². The lowest BCUT2D eigenvalue weighted by molar-refractivity contribution is 0.849. The Labute approximate surface area is 136 Å². The van der Waals surface area contributed by atoms with Gasteiger partial charge in [0.15, 0.2) is 0 Å². The Hall–Kier alpha value is -1.67. The fraction of sp³-hybridized carbons (Fsp3) is 0.429. The molecular weight excluding hydrogens is 316 g/mol.